The molecule has 1 aromatic carbocycles. The Bertz CT molecular complexity index is 537. The van der Waals surface area contributed by atoms with Crippen LogP contribution in [0.2, 0.25) is 0 Å². The Labute approximate surface area is 112 Å². The molecule has 6 heteroatoms. The fourth-order valence-electron chi connectivity index (χ4n) is 1.95. The van der Waals surface area contributed by atoms with Crippen molar-refractivity contribution in [1.82, 2.24) is 4.72 Å². The standard InChI is InChI=1S/C13H17NO4S/c15-13(16)8-12(11-4-2-1-3-5-11)14-19(17,18)9-10-6-7-10/h1-5,10,12,14H,6-9H2,(H,15,16). The molecule has 2 N–H and O–H groups in total. The van der Waals surface area contributed by atoms with Crippen molar-refractivity contribution in [2.24, 2.45) is 5.92 Å². The molecule has 0 aromatic heterocycles. The summed E-state index contributed by atoms with van der Waals surface area (Å²) < 4.78 is 26.4. The molecule has 1 aliphatic rings. The summed E-state index contributed by atoms with van der Waals surface area (Å²) >= 11 is 0. The van der Waals surface area contributed by atoms with Crippen molar-refractivity contribution in [1.29, 1.82) is 0 Å². The van der Waals surface area contributed by atoms with E-state index in [-0.39, 0.29) is 18.1 Å². The van der Waals surface area contributed by atoms with Gasteiger partial charge in [-0.1, -0.05) is 30.3 Å². The number of rotatable bonds is 7. The lowest BCUT2D eigenvalue weighted by Crippen LogP contribution is -2.32. The van der Waals surface area contributed by atoms with Crippen LogP contribution >= 0.6 is 0 Å². The van der Waals surface area contributed by atoms with Crippen LogP contribution in [0.3, 0.4) is 0 Å². The van der Waals surface area contributed by atoms with Crippen LogP contribution in [0.5, 0.6) is 0 Å². The zero-order valence-corrected chi connectivity index (χ0v) is 11.3. The maximum atomic E-state index is 11.9. The highest BCUT2D eigenvalue weighted by atomic mass is 32.2. The van der Waals surface area contributed by atoms with Gasteiger partial charge in [-0.2, -0.15) is 0 Å². The predicted octanol–water partition coefficient (Wildman–Crippen LogP) is 1.53. The third-order valence-electron chi connectivity index (χ3n) is 3.05. The average Bonchev–Trinajstić information content (AvgIpc) is 3.11. The largest absolute Gasteiger partial charge is 0.481 e. The number of hydrogen-bond acceptors (Lipinski definition) is 3. The minimum Gasteiger partial charge on any atom is -0.481 e. The molecule has 0 amide bonds. The Morgan fingerprint density at radius 3 is 2.47 bits per heavy atom. The molecule has 1 unspecified atom stereocenters. The summed E-state index contributed by atoms with van der Waals surface area (Å²) in [5.41, 5.74) is 0.671. The summed E-state index contributed by atoms with van der Waals surface area (Å²) in [6.45, 7) is 0. The van der Waals surface area contributed by atoms with E-state index in [1.165, 1.54) is 0 Å². The van der Waals surface area contributed by atoms with Crippen LogP contribution in [0.4, 0.5) is 0 Å². The zero-order valence-electron chi connectivity index (χ0n) is 10.5. The second-order valence-electron chi connectivity index (χ2n) is 4.90. The first-order valence-corrected chi connectivity index (χ1v) is 7.88. The fraction of sp³-hybridized carbons (Fsp3) is 0.462. The van der Waals surface area contributed by atoms with Crippen molar-refractivity contribution in [3.05, 3.63) is 35.9 Å². The molecule has 104 valence electrons. The van der Waals surface area contributed by atoms with Gasteiger partial charge in [0.15, 0.2) is 0 Å². The third-order valence-corrected chi connectivity index (χ3v) is 4.61. The predicted molar refractivity (Wildman–Crippen MR) is 71.1 cm³/mol. The Morgan fingerprint density at radius 2 is 1.95 bits per heavy atom. The molecule has 1 atom stereocenters. The second-order valence-corrected chi connectivity index (χ2v) is 6.70. The number of carboxylic acid groups (broad SMARTS) is 1. The van der Waals surface area contributed by atoms with E-state index in [0.717, 1.165) is 12.8 Å². The molecule has 2 rings (SSSR count). The van der Waals surface area contributed by atoms with Gasteiger partial charge in [0.05, 0.1) is 18.2 Å². The van der Waals surface area contributed by atoms with E-state index in [4.69, 9.17) is 5.11 Å². The van der Waals surface area contributed by atoms with Gasteiger partial charge >= 0.3 is 5.97 Å². The Balaban J connectivity index is 2.11. The average molecular weight is 283 g/mol. The number of carboxylic acids is 1. The van der Waals surface area contributed by atoms with Gasteiger partial charge in [0, 0.05) is 0 Å². The van der Waals surface area contributed by atoms with Crippen molar-refractivity contribution in [2.75, 3.05) is 5.75 Å². The van der Waals surface area contributed by atoms with Gasteiger partial charge in [-0.05, 0) is 24.3 Å². The van der Waals surface area contributed by atoms with Gasteiger partial charge in [-0.25, -0.2) is 13.1 Å². The molecule has 1 saturated carbocycles. The SMILES string of the molecule is O=C(O)CC(NS(=O)(=O)CC1CC1)c1ccccc1. The van der Waals surface area contributed by atoms with Crippen LogP contribution in [-0.4, -0.2) is 25.2 Å². The van der Waals surface area contributed by atoms with Crippen molar-refractivity contribution in [2.45, 2.75) is 25.3 Å². The highest BCUT2D eigenvalue weighted by Gasteiger charge is 2.30. The van der Waals surface area contributed by atoms with Gasteiger partial charge in [0.1, 0.15) is 0 Å². The number of nitrogens with one attached hydrogen (secondary N) is 1. The molecular weight excluding hydrogens is 266 g/mol. The first-order chi connectivity index (χ1) is 8.96. The van der Waals surface area contributed by atoms with Crippen LogP contribution in [0.25, 0.3) is 0 Å². The number of carbonyl (C=O) groups is 1. The number of hydrogen-bond donors (Lipinski definition) is 2. The molecule has 0 bridgehead atoms. The monoisotopic (exact) mass is 283 g/mol. The highest BCUT2D eigenvalue weighted by Crippen LogP contribution is 2.30. The van der Waals surface area contributed by atoms with Gasteiger partial charge in [0.2, 0.25) is 10.0 Å². The van der Waals surface area contributed by atoms with E-state index in [0.29, 0.717) is 5.56 Å². The summed E-state index contributed by atoms with van der Waals surface area (Å²) in [6, 6.07) is 8.08. The molecule has 0 saturated heterocycles. The smallest absolute Gasteiger partial charge is 0.305 e. The lowest BCUT2D eigenvalue weighted by molar-refractivity contribution is -0.137. The Kier molecular flexibility index (Phi) is 4.21. The van der Waals surface area contributed by atoms with Gasteiger partial charge < -0.3 is 5.11 Å². The lowest BCUT2D eigenvalue weighted by Gasteiger charge is -2.17. The van der Waals surface area contributed by atoms with Gasteiger partial charge in [0.25, 0.3) is 0 Å². The zero-order chi connectivity index (χ0) is 13.9. The second kappa shape index (κ2) is 5.71. The van der Waals surface area contributed by atoms with Gasteiger partial charge in [-0.3, -0.25) is 4.79 Å². The maximum absolute atomic E-state index is 11.9. The topological polar surface area (TPSA) is 83.5 Å². The number of sulfonamides is 1. The number of aliphatic carboxylic acids is 1. The van der Waals surface area contributed by atoms with Crippen LogP contribution in [0.15, 0.2) is 30.3 Å². The van der Waals surface area contributed by atoms with E-state index in [9.17, 15) is 13.2 Å². The van der Waals surface area contributed by atoms with E-state index in [1.54, 1.807) is 30.3 Å². The molecule has 1 aliphatic carbocycles. The summed E-state index contributed by atoms with van der Waals surface area (Å²) in [4.78, 5) is 10.9. The summed E-state index contributed by atoms with van der Waals surface area (Å²) in [7, 11) is -3.42. The van der Waals surface area contributed by atoms with E-state index >= 15 is 0 Å². The van der Waals surface area contributed by atoms with E-state index < -0.39 is 22.0 Å². The number of benzene rings is 1. The summed E-state index contributed by atoms with van der Waals surface area (Å²) in [6.07, 6.45) is 1.62. The minimum absolute atomic E-state index is 0.0932. The molecule has 0 spiro atoms. The van der Waals surface area contributed by atoms with Crippen LogP contribution < -0.4 is 4.72 Å². The Morgan fingerprint density at radius 1 is 1.32 bits per heavy atom. The van der Waals surface area contributed by atoms with Crippen LogP contribution in [0.1, 0.15) is 30.9 Å². The van der Waals surface area contributed by atoms with Crippen molar-refractivity contribution in [3.63, 3.8) is 0 Å². The fourth-order valence-corrected chi connectivity index (χ4v) is 3.65. The van der Waals surface area contributed by atoms with Crippen molar-refractivity contribution >= 4 is 16.0 Å². The first-order valence-electron chi connectivity index (χ1n) is 6.23. The molecule has 5 nitrogen and oxygen atoms in total. The van der Waals surface area contributed by atoms with Crippen LogP contribution in [0, 0.1) is 5.92 Å². The van der Waals surface area contributed by atoms with Gasteiger partial charge in [-0.15, -0.1) is 0 Å². The summed E-state index contributed by atoms with van der Waals surface area (Å²) in [5.74, 6) is -0.697. The molecule has 19 heavy (non-hydrogen) atoms. The molecule has 1 aromatic rings. The summed E-state index contributed by atoms with van der Waals surface area (Å²) in [5, 5.41) is 8.90. The van der Waals surface area contributed by atoms with Crippen molar-refractivity contribution in [3.8, 4) is 0 Å². The molecular formula is C13H17NO4S. The maximum Gasteiger partial charge on any atom is 0.305 e. The quantitative estimate of drug-likeness (QED) is 0.795. The molecule has 1 fully saturated rings. The Hall–Kier alpha value is -1.40. The van der Waals surface area contributed by atoms with Crippen LogP contribution in [-0.2, 0) is 14.8 Å². The first kappa shape index (κ1) is 14.0. The van der Waals surface area contributed by atoms with Crippen molar-refractivity contribution < 1.29 is 18.3 Å². The highest BCUT2D eigenvalue weighted by molar-refractivity contribution is 7.89. The minimum atomic E-state index is -3.42. The lowest BCUT2D eigenvalue weighted by atomic mass is 10.1. The third kappa shape index (κ3) is 4.65. The molecule has 0 aliphatic heterocycles. The van der Waals surface area contributed by atoms with E-state index in [2.05, 4.69) is 4.72 Å². The normalized spacial score (nSPS) is 17.1. The molecule has 0 heterocycles. The van der Waals surface area contributed by atoms with E-state index in [1.807, 2.05) is 0 Å². The molecule has 0 radical (unpaired) electrons.